The Bertz CT molecular complexity index is 1260. The van der Waals surface area contributed by atoms with Gasteiger partial charge in [-0.2, -0.15) is 0 Å². The molecule has 4 aromatic rings. The lowest BCUT2D eigenvalue weighted by Crippen LogP contribution is -2.27. The first kappa shape index (κ1) is 23.4. The van der Waals surface area contributed by atoms with Crippen LogP contribution in [0.4, 0.5) is 8.78 Å². The molecule has 1 amide bonds. The van der Waals surface area contributed by atoms with Gasteiger partial charge in [0.1, 0.15) is 17.4 Å². The van der Waals surface area contributed by atoms with Crippen LogP contribution < -0.4 is 10.1 Å². The van der Waals surface area contributed by atoms with Crippen LogP contribution in [0.5, 0.6) is 5.75 Å². The number of ether oxygens (including phenoxy) is 1. The number of hydrogen-bond donors (Lipinski definition) is 1. The van der Waals surface area contributed by atoms with Crippen molar-refractivity contribution in [3.05, 3.63) is 90.0 Å². The van der Waals surface area contributed by atoms with E-state index in [0.717, 1.165) is 34.7 Å². The molecular weight excluding hydrogens is 458 g/mol. The zero-order valence-electron chi connectivity index (χ0n) is 18.4. The van der Waals surface area contributed by atoms with Crippen molar-refractivity contribution in [2.75, 3.05) is 19.4 Å². The van der Waals surface area contributed by atoms with Gasteiger partial charge in [0.25, 0.3) is 0 Å². The quantitative estimate of drug-likeness (QED) is 0.353. The van der Waals surface area contributed by atoms with Gasteiger partial charge in [-0.05, 0) is 36.2 Å². The Hall–Kier alpha value is -3.72. The summed E-state index contributed by atoms with van der Waals surface area (Å²) in [5.41, 5.74) is 1.90. The molecule has 0 spiro atoms. The van der Waals surface area contributed by atoms with Gasteiger partial charge in [-0.3, -0.25) is 9.36 Å². The van der Waals surface area contributed by atoms with Gasteiger partial charge in [-0.15, -0.1) is 10.2 Å². The average molecular weight is 481 g/mol. The van der Waals surface area contributed by atoms with Crippen LogP contribution in [0.15, 0.2) is 78.0 Å². The van der Waals surface area contributed by atoms with Crippen molar-refractivity contribution in [2.24, 2.45) is 0 Å². The van der Waals surface area contributed by atoms with E-state index in [4.69, 9.17) is 4.74 Å². The first-order valence-electron chi connectivity index (χ1n) is 10.5. The Kier molecular flexibility index (Phi) is 7.54. The highest BCUT2D eigenvalue weighted by atomic mass is 32.2. The molecule has 0 saturated carbocycles. The maximum Gasteiger partial charge on any atom is 0.230 e. The summed E-state index contributed by atoms with van der Waals surface area (Å²) >= 11 is 1.13. The van der Waals surface area contributed by atoms with Crippen LogP contribution in [0.2, 0.25) is 0 Å². The first-order chi connectivity index (χ1) is 16.5. The summed E-state index contributed by atoms with van der Waals surface area (Å²) in [6, 6.07) is 20.1. The lowest BCUT2D eigenvalue weighted by atomic mass is 10.1. The summed E-state index contributed by atoms with van der Waals surface area (Å²) < 4.78 is 34.8. The van der Waals surface area contributed by atoms with Gasteiger partial charge in [-0.1, -0.05) is 54.2 Å². The lowest BCUT2D eigenvalue weighted by molar-refractivity contribution is -0.118. The van der Waals surface area contributed by atoms with Crippen molar-refractivity contribution in [2.45, 2.75) is 11.6 Å². The first-order valence-corrected chi connectivity index (χ1v) is 11.5. The van der Waals surface area contributed by atoms with Crippen molar-refractivity contribution in [3.8, 4) is 22.8 Å². The zero-order chi connectivity index (χ0) is 23.9. The minimum atomic E-state index is -0.747. The molecule has 34 heavy (non-hydrogen) atoms. The Balaban J connectivity index is 1.46. The summed E-state index contributed by atoms with van der Waals surface area (Å²) in [4.78, 5) is 12.4. The summed E-state index contributed by atoms with van der Waals surface area (Å²) in [6.45, 7) is 0.472. The summed E-state index contributed by atoms with van der Waals surface area (Å²) in [6.07, 6.45) is 0.676. The van der Waals surface area contributed by atoms with E-state index in [0.29, 0.717) is 23.9 Å². The smallest absolute Gasteiger partial charge is 0.230 e. The monoisotopic (exact) mass is 480 g/mol. The fourth-order valence-electron chi connectivity index (χ4n) is 3.34. The minimum absolute atomic E-state index is 0.0678. The van der Waals surface area contributed by atoms with Gasteiger partial charge in [0.05, 0.1) is 18.6 Å². The van der Waals surface area contributed by atoms with Crippen molar-refractivity contribution >= 4 is 17.7 Å². The van der Waals surface area contributed by atoms with E-state index in [1.807, 2.05) is 54.6 Å². The normalized spacial score (nSPS) is 10.8. The van der Waals surface area contributed by atoms with Crippen LogP contribution in [-0.2, 0) is 11.2 Å². The zero-order valence-corrected chi connectivity index (χ0v) is 19.2. The summed E-state index contributed by atoms with van der Waals surface area (Å²) in [7, 11) is 1.61. The molecule has 6 nitrogen and oxygen atoms in total. The molecule has 1 N–H and O–H groups in total. The number of nitrogens with one attached hydrogen (secondary N) is 1. The fourth-order valence-corrected chi connectivity index (χ4v) is 4.11. The molecule has 4 rings (SSSR count). The fraction of sp³-hybridized carbons (Fsp3) is 0.160. The number of halogens is 2. The van der Waals surface area contributed by atoms with Gasteiger partial charge in [0, 0.05) is 18.2 Å². The second kappa shape index (κ2) is 10.9. The molecule has 0 bridgehead atoms. The predicted octanol–water partition coefficient (Wildman–Crippen LogP) is 4.67. The lowest BCUT2D eigenvalue weighted by Gasteiger charge is -2.11. The Morgan fingerprint density at radius 3 is 2.50 bits per heavy atom. The van der Waals surface area contributed by atoms with Crippen molar-refractivity contribution in [3.63, 3.8) is 0 Å². The maximum atomic E-state index is 14.7. The third kappa shape index (κ3) is 5.60. The van der Waals surface area contributed by atoms with Crippen molar-refractivity contribution < 1.29 is 18.3 Å². The Morgan fingerprint density at radius 2 is 1.79 bits per heavy atom. The van der Waals surface area contributed by atoms with Crippen LogP contribution in [0.1, 0.15) is 5.56 Å². The summed E-state index contributed by atoms with van der Waals surface area (Å²) in [5, 5.41) is 11.6. The van der Waals surface area contributed by atoms with E-state index in [1.54, 1.807) is 7.11 Å². The number of amides is 1. The van der Waals surface area contributed by atoms with Gasteiger partial charge in [0.15, 0.2) is 11.0 Å². The molecule has 0 unspecified atom stereocenters. The standard InChI is InChI=1S/C25H22F2N4O2S/c1-33-20-10-7-17(8-11-20)13-14-28-23(32)16-34-25-30-29-24(18-5-3-2-4-6-18)31(25)22-12-9-19(26)15-21(22)27/h2-12,15H,13-14,16H2,1H3,(H,28,32). The molecule has 0 atom stereocenters. The highest BCUT2D eigenvalue weighted by Crippen LogP contribution is 2.29. The van der Waals surface area contributed by atoms with Crippen LogP contribution in [0, 0.1) is 11.6 Å². The van der Waals surface area contributed by atoms with Crippen LogP contribution >= 0.6 is 11.8 Å². The highest BCUT2D eigenvalue weighted by molar-refractivity contribution is 7.99. The van der Waals surface area contributed by atoms with E-state index < -0.39 is 11.6 Å². The molecule has 0 saturated heterocycles. The molecule has 1 heterocycles. The molecule has 0 aliphatic rings. The molecule has 0 aliphatic heterocycles. The highest BCUT2D eigenvalue weighted by Gasteiger charge is 2.20. The molecular formula is C25H22F2N4O2S. The van der Waals surface area contributed by atoms with Gasteiger partial charge >= 0.3 is 0 Å². The summed E-state index contributed by atoms with van der Waals surface area (Å²) in [5.74, 6) is -0.370. The second-order valence-corrected chi connectivity index (χ2v) is 8.28. The van der Waals surface area contributed by atoms with Crippen molar-refractivity contribution in [1.29, 1.82) is 0 Å². The Morgan fingerprint density at radius 1 is 1.03 bits per heavy atom. The maximum absolute atomic E-state index is 14.7. The van der Waals surface area contributed by atoms with E-state index in [-0.39, 0.29) is 17.3 Å². The molecule has 3 aromatic carbocycles. The number of methoxy groups -OCH3 is 1. The number of carbonyl (C=O) groups excluding carboxylic acids is 1. The van der Waals surface area contributed by atoms with Crippen LogP contribution in [-0.4, -0.2) is 40.1 Å². The van der Waals surface area contributed by atoms with E-state index in [1.165, 1.54) is 16.7 Å². The van der Waals surface area contributed by atoms with Crippen LogP contribution in [0.25, 0.3) is 17.1 Å². The van der Waals surface area contributed by atoms with E-state index in [2.05, 4.69) is 15.5 Å². The third-order valence-corrected chi connectivity index (χ3v) is 5.97. The molecule has 0 aliphatic carbocycles. The predicted molar refractivity (Wildman–Crippen MR) is 127 cm³/mol. The molecule has 9 heteroatoms. The third-order valence-electron chi connectivity index (χ3n) is 5.04. The van der Waals surface area contributed by atoms with Gasteiger partial charge < -0.3 is 10.1 Å². The number of thioether (sulfide) groups is 1. The van der Waals surface area contributed by atoms with E-state index in [9.17, 15) is 13.6 Å². The number of rotatable bonds is 9. The number of hydrogen-bond acceptors (Lipinski definition) is 5. The second-order valence-electron chi connectivity index (χ2n) is 7.34. The Labute approximate surface area is 200 Å². The van der Waals surface area contributed by atoms with Crippen molar-refractivity contribution in [1.82, 2.24) is 20.1 Å². The SMILES string of the molecule is COc1ccc(CCNC(=O)CSc2nnc(-c3ccccc3)n2-c2ccc(F)cc2F)cc1. The molecule has 0 radical (unpaired) electrons. The number of nitrogens with zero attached hydrogens (tertiary/aromatic N) is 3. The van der Waals surface area contributed by atoms with Gasteiger partial charge in [-0.25, -0.2) is 8.78 Å². The van der Waals surface area contributed by atoms with E-state index >= 15 is 0 Å². The molecule has 1 aromatic heterocycles. The average Bonchev–Trinajstić information content (AvgIpc) is 3.27. The minimum Gasteiger partial charge on any atom is -0.497 e. The van der Waals surface area contributed by atoms with Gasteiger partial charge in [0.2, 0.25) is 5.91 Å². The number of benzene rings is 3. The number of aromatic nitrogens is 3. The molecule has 0 fully saturated rings. The topological polar surface area (TPSA) is 69.0 Å². The number of carbonyl (C=O) groups is 1. The molecule has 174 valence electrons. The van der Waals surface area contributed by atoms with Crippen LogP contribution in [0.3, 0.4) is 0 Å². The largest absolute Gasteiger partial charge is 0.497 e.